The fourth-order valence-corrected chi connectivity index (χ4v) is 2.60. The van der Waals surface area contributed by atoms with Crippen LogP contribution in [0.5, 0.6) is 0 Å². The maximum absolute atomic E-state index is 12.3. The summed E-state index contributed by atoms with van der Waals surface area (Å²) in [5.41, 5.74) is 3.61. The summed E-state index contributed by atoms with van der Waals surface area (Å²) in [6.45, 7) is -0.571. The third kappa shape index (κ3) is 8.03. The van der Waals surface area contributed by atoms with Crippen LogP contribution in [0.2, 0.25) is 0 Å². The number of anilines is 1. The summed E-state index contributed by atoms with van der Waals surface area (Å²) >= 11 is 0. The summed E-state index contributed by atoms with van der Waals surface area (Å²) in [7, 11) is 5.66. The predicted octanol–water partition coefficient (Wildman–Crippen LogP) is 4.17. The van der Waals surface area contributed by atoms with E-state index in [0.29, 0.717) is 18.7 Å². The molecule has 0 fully saturated rings. The van der Waals surface area contributed by atoms with Gasteiger partial charge in [0.05, 0.1) is 6.61 Å². The highest BCUT2D eigenvalue weighted by Crippen LogP contribution is 2.16. The number of carbonyl (C=O) groups excluding carboxylic acids is 1. The molecular weight excluding hydrogens is 383 g/mol. The standard InChI is InChI=1S/C21H26F3N3O2/c1-26(2)19-10-8-17(9-11-19)13-27(3)20(28)25-12-16-4-6-18(7-5-16)14-29-15-21(22,23)24/h4-11H,12-15H2,1-3H3,(H,25,28). The minimum atomic E-state index is -4.33. The van der Waals surface area contributed by atoms with Gasteiger partial charge in [-0.25, -0.2) is 4.79 Å². The maximum atomic E-state index is 12.3. The van der Waals surface area contributed by atoms with Crippen LogP contribution in [0.25, 0.3) is 0 Å². The molecule has 0 radical (unpaired) electrons. The van der Waals surface area contributed by atoms with Gasteiger partial charge in [0.25, 0.3) is 0 Å². The SMILES string of the molecule is CN(Cc1ccc(N(C)C)cc1)C(=O)NCc1ccc(COCC(F)(F)F)cc1. The second-order valence-corrected chi connectivity index (χ2v) is 7.00. The van der Waals surface area contributed by atoms with Crippen molar-refractivity contribution in [3.8, 4) is 0 Å². The van der Waals surface area contributed by atoms with Gasteiger partial charge in [-0.05, 0) is 28.8 Å². The van der Waals surface area contributed by atoms with Gasteiger partial charge in [-0.15, -0.1) is 0 Å². The molecule has 0 bridgehead atoms. The van der Waals surface area contributed by atoms with E-state index in [4.69, 9.17) is 0 Å². The zero-order chi connectivity index (χ0) is 21.4. The summed E-state index contributed by atoms with van der Waals surface area (Å²) in [5.74, 6) is 0. The van der Waals surface area contributed by atoms with Crippen LogP contribution in [-0.2, 0) is 24.4 Å². The average Bonchev–Trinajstić information content (AvgIpc) is 2.66. The number of amides is 2. The van der Waals surface area contributed by atoms with Crippen molar-refractivity contribution in [1.29, 1.82) is 0 Å². The molecule has 0 aliphatic carbocycles. The van der Waals surface area contributed by atoms with Crippen LogP contribution in [0.1, 0.15) is 16.7 Å². The molecule has 1 N–H and O–H groups in total. The Labute approximate surface area is 169 Å². The lowest BCUT2D eigenvalue weighted by Gasteiger charge is -2.19. The molecule has 0 aliphatic rings. The number of halogens is 3. The molecule has 0 atom stereocenters. The van der Waals surface area contributed by atoms with Crippen molar-refractivity contribution in [2.75, 3.05) is 32.6 Å². The predicted molar refractivity (Wildman–Crippen MR) is 107 cm³/mol. The number of benzene rings is 2. The van der Waals surface area contributed by atoms with Gasteiger partial charge in [-0.1, -0.05) is 36.4 Å². The number of urea groups is 1. The van der Waals surface area contributed by atoms with Crippen LogP contribution in [0.4, 0.5) is 23.7 Å². The zero-order valence-corrected chi connectivity index (χ0v) is 16.8. The zero-order valence-electron chi connectivity index (χ0n) is 16.8. The summed E-state index contributed by atoms with van der Waals surface area (Å²) in [6, 6.07) is 14.7. The average molecular weight is 409 g/mol. The Bertz CT molecular complexity index is 775. The van der Waals surface area contributed by atoms with Crippen molar-refractivity contribution < 1.29 is 22.7 Å². The summed E-state index contributed by atoms with van der Waals surface area (Å²) in [5, 5.41) is 2.83. The highest BCUT2D eigenvalue weighted by molar-refractivity contribution is 5.73. The first-order chi connectivity index (χ1) is 13.6. The van der Waals surface area contributed by atoms with Gasteiger partial charge in [0.15, 0.2) is 0 Å². The summed E-state index contributed by atoms with van der Waals surface area (Å²) < 4.78 is 40.9. The number of hydrogen-bond donors (Lipinski definition) is 1. The Morgan fingerprint density at radius 1 is 0.931 bits per heavy atom. The number of nitrogens with zero attached hydrogens (tertiary/aromatic N) is 2. The smallest absolute Gasteiger partial charge is 0.378 e. The van der Waals surface area contributed by atoms with E-state index in [1.807, 2.05) is 43.3 Å². The first-order valence-corrected chi connectivity index (χ1v) is 9.11. The number of rotatable bonds is 8. The summed E-state index contributed by atoms with van der Waals surface area (Å²) in [4.78, 5) is 15.9. The molecule has 158 valence electrons. The van der Waals surface area contributed by atoms with E-state index in [9.17, 15) is 18.0 Å². The van der Waals surface area contributed by atoms with E-state index < -0.39 is 12.8 Å². The van der Waals surface area contributed by atoms with Gasteiger partial charge >= 0.3 is 12.2 Å². The van der Waals surface area contributed by atoms with E-state index in [0.717, 1.165) is 16.8 Å². The minimum Gasteiger partial charge on any atom is -0.378 e. The molecule has 0 aromatic heterocycles. The number of alkyl halides is 3. The monoisotopic (exact) mass is 409 g/mol. The van der Waals surface area contributed by atoms with Gasteiger partial charge in [-0.2, -0.15) is 13.2 Å². The molecule has 0 spiro atoms. The molecule has 0 unspecified atom stereocenters. The van der Waals surface area contributed by atoms with Crippen molar-refractivity contribution in [1.82, 2.24) is 10.2 Å². The van der Waals surface area contributed by atoms with Crippen LogP contribution < -0.4 is 10.2 Å². The third-order valence-corrected chi connectivity index (χ3v) is 4.22. The topological polar surface area (TPSA) is 44.8 Å². The molecule has 0 aliphatic heterocycles. The molecule has 2 rings (SSSR count). The second-order valence-electron chi connectivity index (χ2n) is 7.00. The first-order valence-electron chi connectivity index (χ1n) is 9.11. The van der Waals surface area contributed by atoms with Crippen LogP contribution in [-0.4, -0.2) is 44.9 Å². The van der Waals surface area contributed by atoms with Crippen LogP contribution in [0.15, 0.2) is 48.5 Å². The van der Waals surface area contributed by atoms with E-state index >= 15 is 0 Å². The van der Waals surface area contributed by atoms with E-state index in [2.05, 4.69) is 10.1 Å². The first kappa shape index (κ1) is 22.5. The number of carbonyl (C=O) groups is 1. The van der Waals surface area contributed by atoms with Gasteiger partial charge in [0, 0.05) is 39.9 Å². The highest BCUT2D eigenvalue weighted by Gasteiger charge is 2.27. The maximum Gasteiger partial charge on any atom is 0.411 e. The number of nitrogens with one attached hydrogen (secondary N) is 1. The third-order valence-electron chi connectivity index (χ3n) is 4.22. The largest absolute Gasteiger partial charge is 0.411 e. The second kappa shape index (κ2) is 10.2. The Morgan fingerprint density at radius 2 is 1.48 bits per heavy atom. The molecule has 2 aromatic rings. The van der Waals surface area contributed by atoms with Gasteiger partial charge in [-0.3, -0.25) is 0 Å². The molecule has 0 saturated carbocycles. The van der Waals surface area contributed by atoms with Gasteiger partial charge in [0.1, 0.15) is 6.61 Å². The fourth-order valence-electron chi connectivity index (χ4n) is 2.60. The van der Waals surface area contributed by atoms with Crippen molar-refractivity contribution in [2.24, 2.45) is 0 Å². The van der Waals surface area contributed by atoms with Crippen LogP contribution >= 0.6 is 0 Å². The molecular formula is C21H26F3N3O2. The van der Waals surface area contributed by atoms with Crippen molar-refractivity contribution in [3.63, 3.8) is 0 Å². The fraction of sp³-hybridized carbons (Fsp3) is 0.381. The Morgan fingerprint density at radius 3 is 2.03 bits per heavy atom. The van der Waals surface area contributed by atoms with Gasteiger partial charge in [0.2, 0.25) is 0 Å². The molecule has 29 heavy (non-hydrogen) atoms. The molecule has 0 saturated heterocycles. The van der Waals surface area contributed by atoms with E-state index in [-0.39, 0.29) is 12.6 Å². The highest BCUT2D eigenvalue weighted by atomic mass is 19.4. The Kier molecular flexibility index (Phi) is 7.90. The van der Waals surface area contributed by atoms with Crippen molar-refractivity contribution in [2.45, 2.75) is 25.9 Å². The lowest BCUT2D eigenvalue weighted by molar-refractivity contribution is -0.176. The Hall–Kier alpha value is -2.74. The van der Waals surface area contributed by atoms with Crippen LogP contribution in [0, 0.1) is 0 Å². The Balaban J connectivity index is 1.77. The lowest BCUT2D eigenvalue weighted by Crippen LogP contribution is -2.36. The molecule has 0 heterocycles. The molecule has 2 aromatic carbocycles. The van der Waals surface area contributed by atoms with Crippen molar-refractivity contribution in [3.05, 3.63) is 65.2 Å². The number of hydrogen-bond acceptors (Lipinski definition) is 3. The van der Waals surface area contributed by atoms with Crippen LogP contribution in [0.3, 0.4) is 0 Å². The van der Waals surface area contributed by atoms with Gasteiger partial charge < -0.3 is 19.9 Å². The number of ether oxygens (including phenoxy) is 1. The normalized spacial score (nSPS) is 11.2. The van der Waals surface area contributed by atoms with E-state index in [1.165, 1.54) is 0 Å². The molecule has 2 amide bonds. The molecule has 5 nitrogen and oxygen atoms in total. The quantitative estimate of drug-likeness (QED) is 0.712. The summed E-state index contributed by atoms with van der Waals surface area (Å²) in [6.07, 6.45) is -4.33. The van der Waals surface area contributed by atoms with Crippen molar-refractivity contribution >= 4 is 11.7 Å². The minimum absolute atomic E-state index is 0.110. The molecule has 8 heteroatoms. The lowest BCUT2D eigenvalue weighted by atomic mass is 10.1. The van der Waals surface area contributed by atoms with E-state index in [1.54, 1.807) is 36.2 Å².